The predicted octanol–water partition coefficient (Wildman–Crippen LogP) is 2.07. The van der Waals surface area contributed by atoms with Gasteiger partial charge in [0.25, 0.3) is 11.5 Å². The van der Waals surface area contributed by atoms with E-state index in [4.69, 9.17) is 4.84 Å². The van der Waals surface area contributed by atoms with Gasteiger partial charge in [-0.3, -0.25) is 14.4 Å². The molecule has 0 spiro atoms. The summed E-state index contributed by atoms with van der Waals surface area (Å²) in [6, 6.07) is 15.9. The van der Waals surface area contributed by atoms with Crippen molar-refractivity contribution in [2.24, 2.45) is 0 Å². The molecule has 0 aliphatic carbocycles. The second kappa shape index (κ2) is 6.41. The van der Waals surface area contributed by atoms with Gasteiger partial charge in [-0.05, 0) is 25.1 Å². The fourth-order valence-corrected chi connectivity index (χ4v) is 2.29. The van der Waals surface area contributed by atoms with Crippen LogP contribution in [-0.4, -0.2) is 22.3 Å². The fourth-order valence-electron chi connectivity index (χ4n) is 2.29. The van der Waals surface area contributed by atoms with Crippen LogP contribution in [0.25, 0.3) is 16.5 Å². The second-order valence-electron chi connectivity index (χ2n) is 4.81. The summed E-state index contributed by atoms with van der Waals surface area (Å²) in [6.07, 6.45) is 0. The number of para-hydroxylation sites is 1. The molecule has 1 amide bonds. The summed E-state index contributed by atoms with van der Waals surface area (Å²) in [6.45, 7) is 2.10. The van der Waals surface area contributed by atoms with E-state index >= 15 is 0 Å². The van der Waals surface area contributed by atoms with E-state index in [9.17, 15) is 9.59 Å². The molecule has 1 heterocycles. The molecule has 116 valence electrons. The highest BCUT2D eigenvalue weighted by Gasteiger charge is 2.17. The average Bonchev–Trinajstić information content (AvgIpc) is 2.61. The zero-order chi connectivity index (χ0) is 16.2. The van der Waals surface area contributed by atoms with Gasteiger partial charge in [-0.15, -0.1) is 0 Å². The van der Waals surface area contributed by atoms with Crippen LogP contribution in [0.15, 0.2) is 59.4 Å². The lowest BCUT2D eigenvalue weighted by molar-refractivity contribution is 0.0360. The summed E-state index contributed by atoms with van der Waals surface area (Å²) in [5.41, 5.74) is 2.77. The number of carbonyl (C=O) groups is 1. The molecule has 3 rings (SSSR count). The highest BCUT2D eigenvalue weighted by Crippen LogP contribution is 2.15. The molecule has 23 heavy (non-hydrogen) atoms. The average molecular weight is 309 g/mol. The van der Waals surface area contributed by atoms with Crippen LogP contribution in [0.3, 0.4) is 0 Å². The van der Waals surface area contributed by atoms with Crippen molar-refractivity contribution in [1.29, 1.82) is 0 Å². The molecule has 2 aromatic carbocycles. The fraction of sp³-hybridized carbons (Fsp3) is 0.118. The summed E-state index contributed by atoms with van der Waals surface area (Å²) in [5.74, 6) is -0.493. The third kappa shape index (κ3) is 2.84. The minimum Gasteiger partial charge on any atom is -0.274 e. The Morgan fingerprint density at radius 2 is 1.74 bits per heavy atom. The van der Waals surface area contributed by atoms with E-state index in [1.54, 1.807) is 55.5 Å². The van der Waals surface area contributed by atoms with E-state index < -0.39 is 5.91 Å². The van der Waals surface area contributed by atoms with Gasteiger partial charge in [-0.2, -0.15) is 9.78 Å². The van der Waals surface area contributed by atoms with Crippen molar-refractivity contribution in [3.63, 3.8) is 0 Å². The number of nitrogens with zero attached hydrogens (tertiary/aromatic N) is 2. The van der Waals surface area contributed by atoms with E-state index in [-0.39, 0.29) is 11.3 Å². The van der Waals surface area contributed by atoms with Crippen LogP contribution in [0.4, 0.5) is 0 Å². The van der Waals surface area contributed by atoms with Gasteiger partial charge < -0.3 is 0 Å². The lowest BCUT2D eigenvalue weighted by Gasteiger charge is -2.10. The van der Waals surface area contributed by atoms with E-state index in [0.29, 0.717) is 23.1 Å². The Hall–Kier alpha value is -2.99. The number of hydrogen-bond acceptors (Lipinski definition) is 4. The monoisotopic (exact) mass is 309 g/mol. The zero-order valence-corrected chi connectivity index (χ0v) is 12.5. The molecule has 6 heteroatoms. The maximum absolute atomic E-state index is 12.7. The molecule has 0 aliphatic rings. The van der Waals surface area contributed by atoms with Crippen LogP contribution in [0.1, 0.15) is 17.4 Å². The molecule has 0 radical (unpaired) electrons. The summed E-state index contributed by atoms with van der Waals surface area (Å²) in [5, 5.41) is 5.15. The first kappa shape index (κ1) is 14.9. The Morgan fingerprint density at radius 1 is 1.09 bits per heavy atom. The molecule has 0 bridgehead atoms. The van der Waals surface area contributed by atoms with Crippen molar-refractivity contribution >= 4 is 16.7 Å². The number of hydrogen-bond donors (Lipinski definition) is 1. The molecule has 1 N–H and O–H groups in total. The summed E-state index contributed by atoms with van der Waals surface area (Å²) in [7, 11) is 0. The van der Waals surface area contributed by atoms with Gasteiger partial charge in [0.15, 0.2) is 5.69 Å². The van der Waals surface area contributed by atoms with Crippen molar-refractivity contribution < 1.29 is 9.63 Å². The van der Waals surface area contributed by atoms with Crippen molar-refractivity contribution in [3.05, 3.63) is 70.6 Å². The Bertz CT molecular complexity index is 904. The molecule has 3 aromatic rings. The Kier molecular flexibility index (Phi) is 4.16. The van der Waals surface area contributed by atoms with Crippen LogP contribution in [-0.2, 0) is 4.84 Å². The highest BCUT2D eigenvalue weighted by atomic mass is 16.6. The standard InChI is InChI=1S/C17H15N3O3/c1-2-23-19-16(21)15-13-10-6-7-11-14(13)17(22)20(18-15)12-8-4-3-5-9-12/h3-11H,2H2,1H3,(H,19,21). The topological polar surface area (TPSA) is 73.2 Å². The number of fused-ring (bicyclic) bond motifs is 1. The maximum atomic E-state index is 12.7. The molecule has 0 saturated heterocycles. The number of carbonyl (C=O) groups excluding carboxylic acids is 1. The van der Waals surface area contributed by atoms with E-state index in [1.165, 1.54) is 4.68 Å². The molecule has 0 unspecified atom stereocenters. The zero-order valence-electron chi connectivity index (χ0n) is 12.5. The van der Waals surface area contributed by atoms with Gasteiger partial charge >= 0.3 is 0 Å². The predicted molar refractivity (Wildman–Crippen MR) is 86.4 cm³/mol. The minimum atomic E-state index is -0.493. The smallest absolute Gasteiger partial charge is 0.274 e. The van der Waals surface area contributed by atoms with Crippen molar-refractivity contribution in [2.75, 3.05) is 6.61 Å². The lowest BCUT2D eigenvalue weighted by Crippen LogP contribution is -2.30. The summed E-state index contributed by atoms with van der Waals surface area (Å²) in [4.78, 5) is 29.9. The van der Waals surface area contributed by atoms with Crippen molar-refractivity contribution in [2.45, 2.75) is 6.92 Å². The maximum Gasteiger partial charge on any atom is 0.295 e. The van der Waals surface area contributed by atoms with Gasteiger partial charge in [0.2, 0.25) is 0 Å². The molecule has 0 saturated carbocycles. The third-order valence-electron chi connectivity index (χ3n) is 3.33. The molecule has 6 nitrogen and oxygen atoms in total. The number of amides is 1. The molecule has 1 aromatic heterocycles. The largest absolute Gasteiger partial charge is 0.295 e. The van der Waals surface area contributed by atoms with Crippen LogP contribution < -0.4 is 11.0 Å². The number of aromatic nitrogens is 2. The normalized spacial score (nSPS) is 10.7. The second-order valence-corrected chi connectivity index (χ2v) is 4.81. The molecule has 0 atom stereocenters. The Morgan fingerprint density at radius 3 is 2.43 bits per heavy atom. The van der Waals surface area contributed by atoms with Crippen molar-refractivity contribution in [1.82, 2.24) is 15.3 Å². The first-order valence-corrected chi connectivity index (χ1v) is 7.22. The minimum absolute atomic E-state index is 0.137. The summed E-state index contributed by atoms with van der Waals surface area (Å²) >= 11 is 0. The molecule has 0 aliphatic heterocycles. The number of benzene rings is 2. The SMILES string of the molecule is CCONC(=O)c1nn(-c2ccccc2)c(=O)c2ccccc12. The van der Waals surface area contributed by atoms with Gasteiger partial charge in [0.1, 0.15) is 0 Å². The van der Waals surface area contributed by atoms with Crippen molar-refractivity contribution in [3.8, 4) is 5.69 Å². The van der Waals surface area contributed by atoms with Gasteiger partial charge in [0, 0.05) is 5.39 Å². The molecule has 0 fully saturated rings. The Balaban J connectivity index is 2.25. The van der Waals surface area contributed by atoms with E-state index in [2.05, 4.69) is 10.6 Å². The third-order valence-corrected chi connectivity index (χ3v) is 3.33. The molecular weight excluding hydrogens is 294 g/mol. The quantitative estimate of drug-likeness (QED) is 0.749. The van der Waals surface area contributed by atoms with Gasteiger partial charge in [0.05, 0.1) is 17.7 Å². The number of rotatable bonds is 4. The highest BCUT2D eigenvalue weighted by molar-refractivity contribution is 6.04. The number of hydroxylamine groups is 1. The summed E-state index contributed by atoms with van der Waals surface area (Å²) < 4.78 is 1.23. The molecular formula is C17H15N3O3. The lowest BCUT2D eigenvalue weighted by atomic mass is 10.1. The van der Waals surface area contributed by atoms with Gasteiger partial charge in [-0.25, -0.2) is 5.48 Å². The van der Waals surface area contributed by atoms with Crippen LogP contribution in [0.5, 0.6) is 0 Å². The van der Waals surface area contributed by atoms with Crippen LogP contribution in [0, 0.1) is 0 Å². The number of nitrogens with one attached hydrogen (secondary N) is 1. The first-order valence-electron chi connectivity index (χ1n) is 7.22. The van der Waals surface area contributed by atoms with Crippen LogP contribution in [0.2, 0.25) is 0 Å². The van der Waals surface area contributed by atoms with E-state index in [1.807, 2.05) is 6.07 Å². The van der Waals surface area contributed by atoms with Gasteiger partial charge in [-0.1, -0.05) is 36.4 Å². The first-order chi connectivity index (χ1) is 11.2. The van der Waals surface area contributed by atoms with E-state index in [0.717, 1.165) is 0 Å². The Labute approximate surface area is 132 Å². The van der Waals surface area contributed by atoms with Crippen LogP contribution >= 0.6 is 0 Å².